The van der Waals surface area contributed by atoms with Gasteiger partial charge in [-0.2, -0.15) is 0 Å². The van der Waals surface area contributed by atoms with Gasteiger partial charge in [0.15, 0.2) is 0 Å². The van der Waals surface area contributed by atoms with Gasteiger partial charge in [0, 0.05) is 23.2 Å². The Labute approximate surface area is 146 Å². The summed E-state index contributed by atoms with van der Waals surface area (Å²) in [4.78, 5) is 12.3. The van der Waals surface area contributed by atoms with Gasteiger partial charge in [0.1, 0.15) is 5.69 Å². The second-order valence-electron chi connectivity index (χ2n) is 5.94. The Balaban J connectivity index is 0.00000192. The monoisotopic (exact) mass is 355 g/mol. The summed E-state index contributed by atoms with van der Waals surface area (Å²) < 4.78 is 5.17. The lowest BCUT2D eigenvalue weighted by molar-refractivity contribution is 0.0860. The van der Waals surface area contributed by atoms with Crippen LogP contribution in [-0.2, 0) is 0 Å². The molecule has 1 amide bonds. The predicted molar refractivity (Wildman–Crippen MR) is 91.8 cm³/mol. The lowest BCUT2D eigenvalue weighted by atomic mass is 9.96. The van der Waals surface area contributed by atoms with Crippen LogP contribution in [0, 0.1) is 5.92 Å². The normalized spacial score (nSPS) is 16.3. The summed E-state index contributed by atoms with van der Waals surface area (Å²) in [6.07, 6.45) is 2.19. The Bertz CT molecular complexity index is 700. The smallest absolute Gasteiger partial charge is 0.290 e. The van der Waals surface area contributed by atoms with Gasteiger partial charge in [-0.1, -0.05) is 28.9 Å². The second kappa shape index (κ2) is 6.91. The third-order valence-corrected chi connectivity index (χ3v) is 4.39. The molecule has 1 unspecified atom stereocenters. The topological polar surface area (TPSA) is 81.1 Å². The molecule has 2 aromatic rings. The largest absolute Gasteiger partial charge is 0.350 e. The Kier molecular flexibility index (Phi) is 5.34. The first-order chi connectivity index (χ1) is 10.5. The van der Waals surface area contributed by atoms with E-state index in [4.69, 9.17) is 21.9 Å². The van der Waals surface area contributed by atoms with Crippen molar-refractivity contribution in [3.8, 4) is 11.3 Å². The molecule has 0 spiro atoms. The summed E-state index contributed by atoms with van der Waals surface area (Å²) in [5.41, 5.74) is 6.80. The fourth-order valence-corrected chi connectivity index (χ4v) is 2.72. The molecule has 0 saturated heterocycles. The lowest BCUT2D eigenvalue weighted by Gasteiger charge is -2.28. The maximum Gasteiger partial charge on any atom is 0.290 e. The number of nitrogens with zero attached hydrogens (tertiary/aromatic N) is 1. The highest BCUT2D eigenvalue weighted by atomic mass is 35.5. The molecule has 1 saturated carbocycles. The minimum atomic E-state index is -0.389. The molecule has 1 fully saturated rings. The van der Waals surface area contributed by atoms with E-state index in [0.29, 0.717) is 23.2 Å². The van der Waals surface area contributed by atoms with E-state index in [1.807, 2.05) is 19.1 Å². The highest BCUT2D eigenvalue weighted by molar-refractivity contribution is 6.30. The van der Waals surface area contributed by atoms with E-state index in [2.05, 4.69) is 10.5 Å². The van der Waals surface area contributed by atoms with E-state index >= 15 is 0 Å². The van der Waals surface area contributed by atoms with Gasteiger partial charge in [-0.3, -0.25) is 4.79 Å². The van der Waals surface area contributed by atoms with E-state index in [-0.39, 0.29) is 29.6 Å². The van der Waals surface area contributed by atoms with E-state index in [1.165, 1.54) is 0 Å². The third kappa shape index (κ3) is 3.86. The van der Waals surface area contributed by atoms with Crippen molar-refractivity contribution in [3.63, 3.8) is 0 Å². The molecule has 3 N–H and O–H groups in total. The standard InChI is InChI=1S/C16H18ClN3O2.ClH/c1-16(9-18,11-5-6-11)19-15(21)14-8-13(20-22-14)10-3-2-4-12(17)7-10;/h2-4,7-8,11H,5-6,9,18H2,1H3,(H,19,21);1H. The molecule has 3 rings (SSSR count). The van der Waals surface area contributed by atoms with Gasteiger partial charge in [0.25, 0.3) is 5.91 Å². The number of hydrogen-bond acceptors (Lipinski definition) is 4. The van der Waals surface area contributed by atoms with Crippen LogP contribution in [0.3, 0.4) is 0 Å². The number of halogens is 2. The molecule has 1 aromatic carbocycles. The van der Waals surface area contributed by atoms with Gasteiger partial charge in [-0.15, -0.1) is 12.4 Å². The van der Waals surface area contributed by atoms with E-state index in [1.54, 1.807) is 18.2 Å². The average Bonchev–Trinajstić information content (AvgIpc) is 3.25. The molecule has 0 radical (unpaired) electrons. The van der Waals surface area contributed by atoms with Crippen molar-refractivity contribution in [3.05, 3.63) is 41.1 Å². The van der Waals surface area contributed by atoms with Gasteiger partial charge in [-0.25, -0.2) is 0 Å². The van der Waals surface area contributed by atoms with Crippen molar-refractivity contribution in [1.82, 2.24) is 10.5 Å². The fraction of sp³-hybridized carbons (Fsp3) is 0.375. The van der Waals surface area contributed by atoms with Crippen molar-refractivity contribution < 1.29 is 9.32 Å². The minimum absolute atomic E-state index is 0. The van der Waals surface area contributed by atoms with Crippen molar-refractivity contribution in [2.24, 2.45) is 11.7 Å². The van der Waals surface area contributed by atoms with Crippen LogP contribution in [0.4, 0.5) is 0 Å². The third-order valence-electron chi connectivity index (χ3n) is 4.16. The van der Waals surface area contributed by atoms with Crippen LogP contribution >= 0.6 is 24.0 Å². The predicted octanol–water partition coefficient (Wildman–Crippen LogP) is 3.27. The van der Waals surface area contributed by atoms with Crippen LogP contribution in [0.2, 0.25) is 5.02 Å². The molecule has 0 aliphatic heterocycles. The minimum Gasteiger partial charge on any atom is -0.350 e. The molecule has 124 valence electrons. The van der Waals surface area contributed by atoms with E-state index in [0.717, 1.165) is 18.4 Å². The van der Waals surface area contributed by atoms with Crippen LogP contribution in [0.5, 0.6) is 0 Å². The summed E-state index contributed by atoms with van der Waals surface area (Å²) in [7, 11) is 0. The SMILES string of the molecule is CC(CN)(NC(=O)c1cc(-c2cccc(Cl)c2)no1)C1CC1.Cl. The molecule has 1 atom stereocenters. The summed E-state index contributed by atoms with van der Waals surface area (Å²) in [6, 6.07) is 8.85. The number of benzene rings is 1. The maximum atomic E-state index is 12.3. The molecule has 1 heterocycles. The summed E-state index contributed by atoms with van der Waals surface area (Å²) >= 11 is 5.96. The van der Waals surface area contributed by atoms with Gasteiger partial charge in [-0.05, 0) is 37.8 Å². The molecular weight excluding hydrogens is 337 g/mol. The Hall–Kier alpha value is -1.56. The Morgan fingerprint density at radius 1 is 1.48 bits per heavy atom. The molecular formula is C16H19Cl2N3O2. The van der Waals surface area contributed by atoms with Crippen molar-refractivity contribution >= 4 is 29.9 Å². The Morgan fingerprint density at radius 3 is 2.83 bits per heavy atom. The molecule has 23 heavy (non-hydrogen) atoms. The lowest BCUT2D eigenvalue weighted by Crippen LogP contribution is -2.53. The number of amides is 1. The number of nitrogens with one attached hydrogen (secondary N) is 1. The van der Waals surface area contributed by atoms with Crippen LogP contribution in [0.1, 0.15) is 30.3 Å². The fourth-order valence-electron chi connectivity index (χ4n) is 2.53. The van der Waals surface area contributed by atoms with Crippen LogP contribution < -0.4 is 11.1 Å². The van der Waals surface area contributed by atoms with Crippen LogP contribution in [0.25, 0.3) is 11.3 Å². The zero-order chi connectivity index (χ0) is 15.7. The first kappa shape index (κ1) is 17.8. The Morgan fingerprint density at radius 2 is 2.22 bits per heavy atom. The molecule has 7 heteroatoms. The summed E-state index contributed by atoms with van der Waals surface area (Å²) in [5.74, 6) is 0.327. The van der Waals surface area contributed by atoms with E-state index < -0.39 is 0 Å². The highest BCUT2D eigenvalue weighted by Crippen LogP contribution is 2.39. The summed E-state index contributed by atoms with van der Waals surface area (Å²) in [6.45, 7) is 2.37. The van der Waals surface area contributed by atoms with Crippen molar-refractivity contribution in [1.29, 1.82) is 0 Å². The van der Waals surface area contributed by atoms with Crippen molar-refractivity contribution in [2.75, 3.05) is 6.54 Å². The first-order valence-electron chi connectivity index (χ1n) is 7.27. The number of carbonyl (C=O) groups excluding carboxylic acids is 1. The molecule has 1 aliphatic rings. The van der Waals surface area contributed by atoms with Crippen LogP contribution in [-0.4, -0.2) is 23.1 Å². The van der Waals surface area contributed by atoms with Crippen LogP contribution in [0.15, 0.2) is 34.9 Å². The quantitative estimate of drug-likeness (QED) is 0.862. The zero-order valence-electron chi connectivity index (χ0n) is 12.7. The summed E-state index contributed by atoms with van der Waals surface area (Å²) in [5, 5.41) is 7.52. The first-order valence-corrected chi connectivity index (χ1v) is 7.65. The number of nitrogens with two attached hydrogens (primary N) is 1. The molecule has 1 aliphatic carbocycles. The highest BCUT2D eigenvalue weighted by Gasteiger charge is 2.42. The second-order valence-corrected chi connectivity index (χ2v) is 6.37. The molecule has 1 aromatic heterocycles. The average molecular weight is 356 g/mol. The molecule has 0 bridgehead atoms. The number of hydrogen-bond donors (Lipinski definition) is 2. The zero-order valence-corrected chi connectivity index (χ0v) is 14.3. The van der Waals surface area contributed by atoms with Crippen molar-refractivity contribution in [2.45, 2.75) is 25.3 Å². The number of rotatable bonds is 5. The van der Waals surface area contributed by atoms with Gasteiger partial charge < -0.3 is 15.6 Å². The number of aromatic nitrogens is 1. The molecule has 5 nitrogen and oxygen atoms in total. The maximum absolute atomic E-state index is 12.3. The van der Waals surface area contributed by atoms with Gasteiger partial charge in [0.05, 0.1) is 5.54 Å². The van der Waals surface area contributed by atoms with Gasteiger partial charge >= 0.3 is 0 Å². The van der Waals surface area contributed by atoms with E-state index in [9.17, 15) is 4.79 Å². The number of carbonyl (C=O) groups is 1. The van der Waals surface area contributed by atoms with Gasteiger partial charge in [0.2, 0.25) is 5.76 Å².